The van der Waals surface area contributed by atoms with Crippen LogP contribution in [0.3, 0.4) is 0 Å². The highest BCUT2D eigenvalue weighted by molar-refractivity contribution is 6.11. The Morgan fingerprint density at radius 3 is 2.60 bits per heavy atom. The van der Waals surface area contributed by atoms with Gasteiger partial charge in [0.1, 0.15) is 6.54 Å². The Bertz CT molecular complexity index is 1240. The molecule has 0 spiro atoms. The van der Waals surface area contributed by atoms with Gasteiger partial charge in [-0.25, -0.2) is 9.97 Å². The maximum Gasteiger partial charge on any atom is 0.408 e. The normalized spacial score (nSPS) is 15.5. The fourth-order valence-electron chi connectivity index (χ4n) is 4.22. The number of pyridine rings is 2. The van der Waals surface area contributed by atoms with E-state index in [0.717, 1.165) is 4.68 Å². The standard InChI is InChI=1S/C23H24F3N5O4/c1-13-7-16(14-8-18(34-2)21(35-3)27-9-14)29-20-17(5-4-6-32)31(22(33)19(13)20)15-10-28-30(11-15)12-23(24,25)26/h7-11,17,32H,4-6,12H2,1-3H3/t17-/m1/s1. The number of alkyl halides is 3. The van der Waals surface area contributed by atoms with Gasteiger partial charge in [0.15, 0.2) is 5.75 Å². The molecule has 186 valence electrons. The fourth-order valence-corrected chi connectivity index (χ4v) is 4.22. The van der Waals surface area contributed by atoms with Crippen molar-refractivity contribution in [3.63, 3.8) is 0 Å². The van der Waals surface area contributed by atoms with Crippen LogP contribution in [0, 0.1) is 6.92 Å². The van der Waals surface area contributed by atoms with Gasteiger partial charge in [-0.3, -0.25) is 14.4 Å². The van der Waals surface area contributed by atoms with E-state index in [1.165, 1.54) is 31.5 Å². The number of nitrogens with zero attached hydrogens (tertiary/aromatic N) is 5. The first-order valence-electron chi connectivity index (χ1n) is 10.8. The molecule has 0 aromatic carbocycles. The molecule has 1 atom stereocenters. The summed E-state index contributed by atoms with van der Waals surface area (Å²) in [6, 6.07) is 2.89. The molecule has 1 aliphatic heterocycles. The molecule has 0 bridgehead atoms. The number of aryl methyl sites for hydroxylation is 1. The monoisotopic (exact) mass is 491 g/mol. The number of methoxy groups -OCH3 is 2. The van der Waals surface area contributed by atoms with Crippen LogP contribution in [0.15, 0.2) is 30.7 Å². The second-order valence-electron chi connectivity index (χ2n) is 8.09. The smallest absolute Gasteiger partial charge is 0.408 e. The minimum Gasteiger partial charge on any atom is -0.491 e. The van der Waals surface area contributed by atoms with Crippen LogP contribution < -0.4 is 14.4 Å². The Kier molecular flexibility index (Phi) is 6.66. The molecule has 0 aliphatic carbocycles. The van der Waals surface area contributed by atoms with E-state index in [0.29, 0.717) is 52.5 Å². The predicted molar refractivity (Wildman–Crippen MR) is 119 cm³/mol. The fraction of sp³-hybridized carbons (Fsp3) is 0.391. The molecule has 0 unspecified atom stereocenters. The zero-order valence-electron chi connectivity index (χ0n) is 19.3. The maximum absolute atomic E-state index is 13.4. The van der Waals surface area contributed by atoms with Crippen molar-refractivity contribution in [1.29, 1.82) is 0 Å². The first kappa shape index (κ1) is 24.5. The minimum atomic E-state index is -4.45. The molecular formula is C23H24F3N5O4. The van der Waals surface area contributed by atoms with Crippen LogP contribution in [0.25, 0.3) is 11.3 Å². The van der Waals surface area contributed by atoms with E-state index in [9.17, 15) is 23.1 Å². The number of aliphatic hydroxyl groups excluding tert-OH is 1. The Morgan fingerprint density at radius 2 is 1.94 bits per heavy atom. The van der Waals surface area contributed by atoms with E-state index >= 15 is 0 Å². The molecule has 4 rings (SSSR count). The number of anilines is 1. The summed E-state index contributed by atoms with van der Waals surface area (Å²) < 4.78 is 49.7. The van der Waals surface area contributed by atoms with Gasteiger partial charge in [-0.05, 0) is 37.5 Å². The van der Waals surface area contributed by atoms with E-state index in [-0.39, 0.29) is 18.2 Å². The number of hydrogen-bond acceptors (Lipinski definition) is 7. The van der Waals surface area contributed by atoms with Crippen LogP contribution in [0.4, 0.5) is 18.9 Å². The molecular weight excluding hydrogens is 467 g/mol. The molecule has 0 radical (unpaired) electrons. The number of fused-ring (bicyclic) bond motifs is 1. The summed E-state index contributed by atoms with van der Waals surface area (Å²) in [7, 11) is 2.97. The average molecular weight is 491 g/mol. The second kappa shape index (κ2) is 9.53. The van der Waals surface area contributed by atoms with Crippen LogP contribution in [0.5, 0.6) is 11.6 Å². The van der Waals surface area contributed by atoms with Crippen molar-refractivity contribution in [1.82, 2.24) is 19.7 Å². The lowest BCUT2D eigenvalue weighted by Crippen LogP contribution is -2.28. The number of carbonyl (C=O) groups is 1. The number of halogens is 3. The summed E-state index contributed by atoms with van der Waals surface area (Å²) in [5.74, 6) is 0.347. The second-order valence-corrected chi connectivity index (χ2v) is 8.09. The van der Waals surface area contributed by atoms with Gasteiger partial charge in [0, 0.05) is 24.6 Å². The molecule has 0 fully saturated rings. The van der Waals surface area contributed by atoms with Crippen molar-refractivity contribution >= 4 is 11.6 Å². The highest BCUT2D eigenvalue weighted by atomic mass is 19.4. The lowest BCUT2D eigenvalue weighted by molar-refractivity contribution is -0.142. The van der Waals surface area contributed by atoms with E-state index in [4.69, 9.17) is 14.5 Å². The van der Waals surface area contributed by atoms with Crippen molar-refractivity contribution in [2.24, 2.45) is 0 Å². The number of amides is 1. The maximum atomic E-state index is 13.4. The summed E-state index contributed by atoms with van der Waals surface area (Å²) >= 11 is 0. The molecule has 1 N–H and O–H groups in total. The van der Waals surface area contributed by atoms with Crippen LogP contribution in [0.1, 0.15) is 40.5 Å². The van der Waals surface area contributed by atoms with Gasteiger partial charge in [0.2, 0.25) is 0 Å². The third kappa shape index (κ3) is 4.78. The number of ether oxygens (including phenoxy) is 2. The molecule has 4 heterocycles. The largest absolute Gasteiger partial charge is 0.491 e. The van der Waals surface area contributed by atoms with E-state index in [1.807, 2.05) is 0 Å². The molecule has 0 saturated carbocycles. The molecule has 12 heteroatoms. The summed E-state index contributed by atoms with van der Waals surface area (Å²) in [4.78, 5) is 23.8. The van der Waals surface area contributed by atoms with Crippen LogP contribution >= 0.6 is 0 Å². The van der Waals surface area contributed by atoms with Crippen molar-refractivity contribution in [3.8, 4) is 22.9 Å². The third-order valence-corrected chi connectivity index (χ3v) is 5.71. The molecule has 0 saturated heterocycles. The Labute approximate surface area is 199 Å². The predicted octanol–water partition coefficient (Wildman–Crippen LogP) is 3.70. The van der Waals surface area contributed by atoms with Gasteiger partial charge >= 0.3 is 6.18 Å². The number of aliphatic hydroxyl groups is 1. The summed E-state index contributed by atoms with van der Waals surface area (Å²) in [6.07, 6.45) is 0.285. The van der Waals surface area contributed by atoms with E-state index < -0.39 is 18.8 Å². The van der Waals surface area contributed by atoms with Gasteiger partial charge in [-0.15, -0.1) is 0 Å². The van der Waals surface area contributed by atoms with Crippen LogP contribution in [-0.4, -0.2) is 57.8 Å². The Morgan fingerprint density at radius 1 is 1.17 bits per heavy atom. The number of rotatable bonds is 8. The van der Waals surface area contributed by atoms with Crippen molar-refractivity contribution in [2.45, 2.75) is 38.5 Å². The first-order chi connectivity index (χ1) is 16.7. The zero-order chi connectivity index (χ0) is 25.3. The number of hydrogen-bond donors (Lipinski definition) is 1. The molecule has 35 heavy (non-hydrogen) atoms. The third-order valence-electron chi connectivity index (χ3n) is 5.71. The topological polar surface area (TPSA) is 103 Å². The van der Waals surface area contributed by atoms with Gasteiger partial charge in [-0.1, -0.05) is 0 Å². The first-order valence-corrected chi connectivity index (χ1v) is 10.8. The molecule has 1 aliphatic rings. The van der Waals surface area contributed by atoms with Crippen LogP contribution in [-0.2, 0) is 6.54 Å². The lowest BCUT2D eigenvalue weighted by Gasteiger charge is -2.23. The summed E-state index contributed by atoms with van der Waals surface area (Å²) in [5.41, 5.74) is 2.94. The van der Waals surface area contributed by atoms with Gasteiger partial charge in [0.05, 0.1) is 49.1 Å². The quantitative estimate of drug-likeness (QED) is 0.513. The Balaban J connectivity index is 1.77. The van der Waals surface area contributed by atoms with E-state index in [2.05, 4.69) is 10.1 Å². The summed E-state index contributed by atoms with van der Waals surface area (Å²) in [6.45, 7) is 0.395. The lowest BCUT2D eigenvalue weighted by atomic mass is 10.0. The van der Waals surface area contributed by atoms with Crippen LogP contribution in [0.2, 0.25) is 0 Å². The minimum absolute atomic E-state index is 0.112. The van der Waals surface area contributed by atoms with Gasteiger partial charge < -0.3 is 14.6 Å². The van der Waals surface area contributed by atoms with Gasteiger partial charge in [-0.2, -0.15) is 18.3 Å². The SMILES string of the molecule is COc1cc(-c2cc(C)c3c(n2)[C@@H](CCCO)N(c2cnn(CC(F)(F)F)c2)C3=O)cnc1OC. The molecule has 1 amide bonds. The Hall–Kier alpha value is -3.67. The zero-order valence-corrected chi connectivity index (χ0v) is 19.3. The molecule has 3 aromatic heterocycles. The number of carbonyl (C=O) groups excluding carboxylic acids is 1. The highest BCUT2D eigenvalue weighted by Crippen LogP contribution is 2.42. The summed E-state index contributed by atoms with van der Waals surface area (Å²) in [5, 5.41) is 13.2. The number of aromatic nitrogens is 4. The van der Waals surface area contributed by atoms with Crippen molar-refractivity contribution in [2.75, 3.05) is 25.7 Å². The van der Waals surface area contributed by atoms with Gasteiger partial charge in [0.25, 0.3) is 11.8 Å². The highest BCUT2D eigenvalue weighted by Gasteiger charge is 2.41. The van der Waals surface area contributed by atoms with E-state index in [1.54, 1.807) is 25.3 Å². The molecule has 3 aromatic rings. The van der Waals surface area contributed by atoms with Crippen molar-refractivity contribution in [3.05, 3.63) is 47.5 Å². The van der Waals surface area contributed by atoms with Crippen molar-refractivity contribution < 1.29 is 32.5 Å². The molecule has 9 nitrogen and oxygen atoms in total. The average Bonchev–Trinajstić information content (AvgIpc) is 3.37.